The Balaban J connectivity index is 1.67. The lowest BCUT2D eigenvalue weighted by Gasteiger charge is -2.30. The van der Waals surface area contributed by atoms with Crippen LogP contribution in [0.1, 0.15) is 59.5 Å². The van der Waals surface area contributed by atoms with Crippen LogP contribution < -0.4 is 10.2 Å². The van der Waals surface area contributed by atoms with Crippen LogP contribution in [0.5, 0.6) is 0 Å². The Kier molecular flexibility index (Phi) is 6.64. The Morgan fingerprint density at radius 1 is 1.06 bits per heavy atom. The number of hydrogen-bond donors (Lipinski definition) is 1. The minimum absolute atomic E-state index is 0.123. The van der Waals surface area contributed by atoms with Gasteiger partial charge in [-0.25, -0.2) is 17.7 Å². The highest BCUT2D eigenvalue weighted by Gasteiger charge is 2.25. The summed E-state index contributed by atoms with van der Waals surface area (Å²) >= 11 is 1.54. The number of hydrogen-bond acceptors (Lipinski definition) is 6. The summed E-state index contributed by atoms with van der Waals surface area (Å²) in [6, 6.07) is 4.88. The van der Waals surface area contributed by atoms with Crippen LogP contribution in [0.2, 0.25) is 0 Å². The number of thiazole rings is 1. The van der Waals surface area contributed by atoms with Crippen molar-refractivity contribution in [1.29, 1.82) is 0 Å². The van der Waals surface area contributed by atoms with Crippen LogP contribution in [0.25, 0.3) is 0 Å². The molecule has 0 unspecified atom stereocenters. The molecule has 0 radical (unpaired) electrons. The van der Waals surface area contributed by atoms with Gasteiger partial charge in [-0.05, 0) is 63.1 Å². The third-order valence-electron chi connectivity index (χ3n) is 6.00. The second-order valence-electron chi connectivity index (χ2n) is 8.42. The Morgan fingerprint density at radius 3 is 2.52 bits per heavy atom. The molecule has 31 heavy (non-hydrogen) atoms. The van der Waals surface area contributed by atoms with Gasteiger partial charge in [0.05, 0.1) is 16.2 Å². The molecule has 2 aliphatic rings. The van der Waals surface area contributed by atoms with Gasteiger partial charge in [0.1, 0.15) is 0 Å². The van der Waals surface area contributed by atoms with Crippen molar-refractivity contribution in [3.63, 3.8) is 0 Å². The zero-order chi connectivity index (χ0) is 22.0. The van der Waals surface area contributed by atoms with Crippen molar-refractivity contribution in [3.8, 4) is 0 Å². The van der Waals surface area contributed by atoms with E-state index in [1.54, 1.807) is 23.5 Å². The first kappa shape index (κ1) is 22.2. The summed E-state index contributed by atoms with van der Waals surface area (Å²) in [4.78, 5) is 21.6. The van der Waals surface area contributed by atoms with E-state index in [0.29, 0.717) is 10.7 Å². The number of sulfonamides is 1. The van der Waals surface area contributed by atoms with Crippen molar-refractivity contribution >= 4 is 38.1 Å². The van der Waals surface area contributed by atoms with Gasteiger partial charge in [-0.2, -0.15) is 0 Å². The molecule has 1 fully saturated rings. The van der Waals surface area contributed by atoms with Gasteiger partial charge < -0.3 is 4.90 Å². The summed E-state index contributed by atoms with van der Waals surface area (Å²) in [6.45, 7) is 1.73. The fourth-order valence-electron chi connectivity index (χ4n) is 4.23. The van der Waals surface area contributed by atoms with E-state index in [1.807, 2.05) is 0 Å². The number of piperidine rings is 1. The number of aryl methyl sites for hydroxylation is 2. The highest BCUT2D eigenvalue weighted by atomic mass is 32.2. The smallest absolute Gasteiger partial charge is 0.259 e. The van der Waals surface area contributed by atoms with E-state index < -0.39 is 10.0 Å². The van der Waals surface area contributed by atoms with Crippen molar-refractivity contribution in [2.75, 3.05) is 37.4 Å². The molecule has 0 spiro atoms. The summed E-state index contributed by atoms with van der Waals surface area (Å²) < 4.78 is 26.5. The van der Waals surface area contributed by atoms with E-state index in [4.69, 9.17) is 0 Å². The van der Waals surface area contributed by atoms with Gasteiger partial charge in [-0.3, -0.25) is 10.1 Å². The van der Waals surface area contributed by atoms with Gasteiger partial charge >= 0.3 is 0 Å². The van der Waals surface area contributed by atoms with Gasteiger partial charge in [0.25, 0.3) is 5.91 Å². The summed E-state index contributed by atoms with van der Waals surface area (Å²) in [5, 5.41) is 3.56. The first-order valence-corrected chi connectivity index (χ1v) is 13.2. The molecule has 1 aromatic heterocycles. The number of fused-ring (bicyclic) bond motifs is 1. The highest BCUT2D eigenvalue weighted by Crippen LogP contribution is 2.31. The Hall–Kier alpha value is -1.97. The lowest BCUT2D eigenvalue weighted by atomic mass is 10.1. The molecule has 2 aromatic rings. The standard InChI is InChI=1S/C22H30N4O3S2/c1-25(2)31(28,29)16-11-12-19(26-13-7-4-8-14-26)17(15-16)21(27)24-22-23-18-9-5-3-6-10-20(18)30-22/h11-12,15H,3-10,13-14H2,1-2H3,(H,23,24,27). The number of nitrogens with one attached hydrogen (secondary N) is 1. The summed E-state index contributed by atoms with van der Waals surface area (Å²) in [6.07, 6.45) is 8.79. The zero-order valence-corrected chi connectivity index (χ0v) is 19.8. The number of amides is 1. The first-order valence-electron chi connectivity index (χ1n) is 11.0. The van der Waals surface area contributed by atoms with Gasteiger partial charge in [0.2, 0.25) is 10.0 Å². The molecule has 1 aliphatic carbocycles. The molecule has 168 valence electrons. The number of nitrogens with zero attached hydrogens (tertiary/aromatic N) is 3. The van der Waals surface area contributed by atoms with Crippen molar-refractivity contribution in [3.05, 3.63) is 34.3 Å². The van der Waals surface area contributed by atoms with Gasteiger partial charge in [0.15, 0.2) is 5.13 Å². The van der Waals surface area contributed by atoms with E-state index in [1.165, 1.54) is 42.2 Å². The minimum atomic E-state index is -3.64. The highest BCUT2D eigenvalue weighted by molar-refractivity contribution is 7.89. The number of rotatable bonds is 5. The fraction of sp³-hybridized carbons (Fsp3) is 0.545. The van der Waals surface area contributed by atoms with E-state index in [9.17, 15) is 13.2 Å². The molecule has 1 aromatic carbocycles. The van der Waals surface area contributed by atoms with Gasteiger partial charge in [-0.1, -0.05) is 6.42 Å². The third kappa shape index (κ3) is 4.78. The zero-order valence-electron chi connectivity index (χ0n) is 18.2. The van der Waals surface area contributed by atoms with Crippen molar-refractivity contribution < 1.29 is 13.2 Å². The van der Waals surface area contributed by atoms with Crippen LogP contribution in [-0.4, -0.2) is 50.8 Å². The fourth-order valence-corrected chi connectivity index (χ4v) is 6.20. The predicted molar refractivity (Wildman–Crippen MR) is 125 cm³/mol. The molecule has 1 amide bonds. The maximum Gasteiger partial charge on any atom is 0.259 e. The van der Waals surface area contributed by atoms with Crippen molar-refractivity contribution in [2.45, 2.75) is 56.3 Å². The number of anilines is 2. The maximum absolute atomic E-state index is 13.3. The molecular weight excluding hydrogens is 432 g/mol. The van der Waals surface area contributed by atoms with E-state index in [0.717, 1.165) is 63.0 Å². The number of benzene rings is 1. The second-order valence-corrected chi connectivity index (χ2v) is 11.7. The lowest BCUT2D eigenvalue weighted by molar-refractivity contribution is 0.102. The number of carbonyl (C=O) groups excluding carboxylic acids is 1. The molecule has 2 heterocycles. The van der Waals surface area contributed by atoms with Crippen molar-refractivity contribution in [2.24, 2.45) is 0 Å². The average Bonchev–Trinajstić information content (AvgIpc) is 3.01. The molecule has 1 N–H and O–H groups in total. The normalized spacial score (nSPS) is 17.3. The lowest BCUT2D eigenvalue weighted by Crippen LogP contribution is -2.32. The molecule has 7 nitrogen and oxygen atoms in total. The number of carbonyl (C=O) groups is 1. The van der Waals surface area contributed by atoms with Crippen LogP contribution in [-0.2, 0) is 22.9 Å². The summed E-state index contributed by atoms with van der Waals surface area (Å²) in [5.41, 5.74) is 2.27. The molecule has 0 atom stereocenters. The van der Waals surface area contributed by atoms with Crippen LogP contribution in [0.3, 0.4) is 0 Å². The predicted octanol–water partition coefficient (Wildman–Crippen LogP) is 3.90. The monoisotopic (exact) mass is 462 g/mol. The number of aromatic nitrogens is 1. The molecule has 0 saturated carbocycles. The van der Waals surface area contributed by atoms with E-state index in [2.05, 4.69) is 15.2 Å². The topological polar surface area (TPSA) is 82.6 Å². The third-order valence-corrected chi connectivity index (χ3v) is 8.89. The molecule has 0 bridgehead atoms. The SMILES string of the molecule is CN(C)S(=O)(=O)c1ccc(N2CCCCC2)c(C(=O)Nc2nc3c(s2)CCCCC3)c1. The van der Waals surface area contributed by atoms with Crippen LogP contribution in [0.4, 0.5) is 10.8 Å². The Bertz CT molecular complexity index is 1030. The Labute approximate surface area is 188 Å². The molecule has 9 heteroatoms. The summed E-state index contributed by atoms with van der Waals surface area (Å²) in [7, 11) is -0.645. The molecule has 1 aliphatic heterocycles. The second kappa shape index (κ2) is 9.26. The van der Waals surface area contributed by atoms with Crippen LogP contribution in [0, 0.1) is 0 Å². The maximum atomic E-state index is 13.3. The molecule has 1 saturated heterocycles. The van der Waals surface area contributed by atoms with Gasteiger partial charge in [0, 0.05) is 37.7 Å². The van der Waals surface area contributed by atoms with Crippen molar-refractivity contribution in [1.82, 2.24) is 9.29 Å². The largest absolute Gasteiger partial charge is 0.371 e. The average molecular weight is 463 g/mol. The van der Waals surface area contributed by atoms with E-state index in [-0.39, 0.29) is 10.8 Å². The van der Waals surface area contributed by atoms with Gasteiger partial charge in [-0.15, -0.1) is 11.3 Å². The quantitative estimate of drug-likeness (QED) is 0.682. The van der Waals surface area contributed by atoms with Crippen LogP contribution >= 0.6 is 11.3 Å². The molecular formula is C22H30N4O3S2. The van der Waals surface area contributed by atoms with E-state index >= 15 is 0 Å². The van der Waals surface area contributed by atoms with Crippen LogP contribution in [0.15, 0.2) is 23.1 Å². The minimum Gasteiger partial charge on any atom is -0.371 e. The summed E-state index contributed by atoms with van der Waals surface area (Å²) in [5.74, 6) is -0.305. The molecule has 4 rings (SSSR count). The first-order chi connectivity index (χ1) is 14.9. The Morgan fingerprint density at radius 2 is 1.77 bits per heavy atom.